The Kier molecular flexibility index (Phi) is 5.91. The normalized spacial score (nSPS) is 11.2. The third-order valence-corrected chi connectivity index (χ3v) is 5.28. The van der Waals surface area contributed by atoms with Gasteiger partial charge in [-0.1, -0.05) is 24.3 Å². The molecule has 0 spiro atoms. The summed E-state index contributed by atoms with van der Waals surface area (Å²) >= 11 is 0. The fourth-order valence-electron chi connectivity index (χ4n) is 3.75. The van der Waals surface area contributed by atoms with Gasteiger partial charge in [-0.15, -0.1) is 0 Å². The minimum atomic E-state index is -0.723. The van der Waals surface area contributed by atoms with Crippen molar-refractivity contribution in [1.29, 1.82) is 0 Å². The summed E-state index contributed by atoms with van der Waals surface area (Å²) < 4.78 is 30.9. The minimum Gasteiger partial charge on any atom is -0.322 e. The third-order valence-electron chi connectivity index (χ3n) is 5.28. The average molecular weight is 453 g/mol. The van der Waals surface area contributed by atoms with Crippen LogP contribution in [0.5, 0.6) is 0 Å². The minimum absolute atomic E-state index is 0.0209. The van der Waals surface area contributed by atoms with Crippen molar-refractivity contribution in [2.45, 2.75) is 33.5 Å². The van der Waals surface area contributed by atoms with Crippen LogP contribution in [0.3, 0.4) is 0 Å². The fourth-order valence-corrected chi connectivity index (χ4v) is 3.75. The molecule has 2 aromatic carbocycles. The zero-order valence-electron chi connectivity index (χ0n) is 18.0. The standard InChI is InChI=1S/C23H21F2N5O3/c1-3-30-21-20(14(2)27-30)28(13-19(31)26-18-7-5-4-6-17(18)25)23(33)29(22(21)32)12-15-8-10-16(24)11-9-15/h4-11H,3,12-13H2,1-2H3,(H,26,31). The Morgan fingerprint density at radius 1 is 1.00 bits per heavy atom. The maximum Gasteiger partial charge on any atom is 0.332 e. The molecule has 0 aliphatic carbocycles. The monoisotopic (exact) mass is 453 g/mol. The molecular weight excluding hydrogens is 432 g/mol. The summed E-state index contributed by atoms with van der Waals surface area (Å²) in [6, 6.07) is 11.1. The summed E-state index contributed by atoms with van der Waals surface area (Å²) in [7, 11) is 0. The van der Waals surface area contributed by atoms with E-state index < -0.39 is 35.3 Å². The van der Waals surface area contributed by atoms with Crippen molar-refractivity contribution in [3.05, 3.63) is 92.3 Å². The first kappa shape index (κ1) is 22.1. The first-order chi connectivity index (χ1) is 15.8. The molecular formula is C23H21F2N5O3. The molecule has 0 saturated heterocycles. The number of rotatable bonds is 6. The van der Waals surface area contributed by atoms with Gasteiger partial charge in [-0.05, 0) is 43.7 Å². The number of halogens is 2. The van der Waals surface area contributed by atoms with Crippen molar-refractivity contribution < 1.29 is 13.6 Å². The molecule has 0 aliphatic heterocycles. The van der Waals surface area contributed by atoms with Crippen molar-refractivity contribution in [2.75, 3.05) is 5.32 Å². The number of hydrogen-bond acceptors (Lipinski definition) is 4. The van der Waals surface area contributed by atoms with E-state index in [4.69, 9.17) is 0 Å². The lowest BCUT2D eigenvalue weighted by molar-refractivity contribution is -0.116. The number of anilines is 1. The van der Waals surface area contributed by atoms with Crippen LogP contribution in [0, 0.1) is 18.6 Å². The molecule has 10 heteroatoms. The SMILES string of the molecule is CCn1nc(C)c2c1c(=O)n(Cc1ccc(F)cc1)c(=O)n2CC(=O)Nc1ccccc1F. The number of aryl methyl sites for hydroxylation is 2. The molecule has 1 amide bonds. The number of carbonyl (C=O) groups excluding carboxylic acids is 1. The van der Waals surface area contributed by atoms with Gasteiger partial charge in [-0.2, -0.15) is 5.10 Å². The number of hydrogen-bond donors (Lipinski definition) is 1. The third kappa shape index (κ3) is 4.19. The van der Waals surface area contributed by atoms with E-state index in [0.29, 0.717) is 17.8 Å². The van der Waals surface area contributed by atoms with Gasteiger partial charge in [0.1, 0.15) is 23.7 Å². The van der Waals surface area contributed by atoms with Crippen LogP contribution in [0.1, 0.15) is 18.2 Å². The second-order valence-corrected chi connectivity index (χ2v) is 7.51. The van der Waals surface area contributed by atoms with E-state index in [1.54, 1.807) is 19.9 Å². The van der Waals surface area contributed by atoms with E-state index in [1.165, 1.54) is 47.1 Å². The molecule has 0 radical (unpaired) electrons. The van der Waals surface area contributed by atoms with Crippen LogP contribution >= 0.6 is 0 Å². The number of nitrogens with zero attached hydrogens (tertiary/aromatic N) is 4. The van der Waals surface area contributed by atoms with Crippen molar-refractivity contribution in [3.8, 4) is 0 Å². The van der Waals surface area contributed by atoms with Gasteiger partial charge in [-0.25, -0.2) is 13.6 Å². The molecule has 0 fully saturated rings. The number of benzene rings is 2. The van der Waals surface area contributed by atoms with E-state index >= 15 is 0 Å². The zero-order chi connectivity index (χ0) is 23.7. The highest BCUT2D eigenvalue weighted by molar-refractivity contribution is 5.91. The highest BCUT2D eigenvalue weighted by Gasteiger charge is 2.22. The highest BCUT2D eigenvalue weighted by atomic mass is 19.1. The maximum absolute atomic E-state index is 14.0. The highest BCUT2D eigenvalue weighted by Crippen LogP contribution is 2.16. The predicted octanol–water partition coefficient (Wildman–Crippen LogP) is 2.65. The zero-order valence-corrected chi connectivity index (χ0v) is 18.0. The van der Waals surface area contributed by atoms with Gasteiger partial charge in [-0.3, -0.25) is 23.4 Å². The molecule has 170 valence electrons. The summed E-state index contributed by atoms with van der Waals surface area (Å²) in [5, 5.41) is 6.79. The van der Waals surface area contributed by atoms with Gasteiger partial charge in [0.05, 0.1) is 17.9 Å². The van der Waals surface area contributed by atoms with Gasteiger partial charge >= 0.3 is 5.69 Å². The molecule has 1 N–H and O–H groups in total. The second kappa shape index (κ2) is 8.81. The summed E-state index contributed by atoms with van der Waals surface area (Å²) in [5.41, 5.74) is 0.0609. The lowest BCUT2D eigenvalue weighted by Crippen LogP contribution is -2.42. The van der Waals surface area contributed by atoms with Gasteiger partial charge < -0.3 is 5.32 Å². The van der Waals surface area contributed by atoms with Crippen LogP contribution < -0.4 is 16.6 Å². The van der Waals surface area contributed by atoms with E-state index in [9.17, 15) is 23.2 Å². The van der Waals surface area contributed by atoms with E-state index in [0.717, 1.165) is 9.13 Å². The quantitative estimate of drug-likeness (QED) is 0.486. The Hall–Kier alpha value is -4.08. The number of nitrogens with one attached hydrogen (secondary N) is 1. The van der Waals surface area contributed by atoms with Gasteiger partial charge in [0, 0.05) is 6.54 Å². The van der Waals surface area contributed by atoms with E-state index in [-0.39, 0.29) is 23.3 Å². The molecule has 33 heavy (non-hydrogen) atoms. The van der Waals surface area contributed by atoms with E-state index in [1.807, 2.05) is 0 Å². The Labute approximate surface area is 186 Å². The lowest BCUT2D eigenvalue weighted by atomic mass is 10.2. The number of fused-ring (bicyclic) bond motifs is 1. The molecule has 0 bridgehead atoms. The van der Waals surface area contributed by atoms with Gasteiger partial charge in [0.25, 0.3) is 5.56 Å². The van der Waals surface area contributed by atoms with E-state index in [2.05, 4.69) is 10.4 Å². The van der Waals surface area contributed by atoms with Crippen molar-refractivity contribution in [1.82, 2.24) is 18.9 Å². The number of para-hydroxylation sites is 1. The Bertz CT molecular complexity index is 1470. The van der Waals surface area contributed by atoms with Crippen LogP contribution in [-0.2, 0) is 24.4 Å². The molecule has 4 aromatic rings. The molecule has 4 rings (SSSR count). The fraction of sp³-hybridized carbons (Fsp3) is 0.217. The lowest BCUT2D eigenvalue weighted by Gasteiger charge is -2.13. The van der Waals surface area contributed by atoms with Gasteiger partial charge in [0.15, 0.2) is 5.52 Å². The smallest absolute Gasteiger partial charge is 0.322 e. The molecule has 0 unspecified atom stereocenters. The molecule has 0 atom stereocenters. The van der Waals surface area contributed by atoms with Crippen molar-refractivity contribution in [3.63, 3.8) is 0 Å². The van der Waals surface area contributed by atoms with Crippen LogP contribution in [0.25, 0.3) is 11.0 Å². The van der Waals surface area contributed by atoms with Crippen molar-refractivity contribution >= 4 is 22.6 Å². The number of aromatic nitrogens is 4. The number of amides is 1. The molecule has 0 saturated carbocycles. The maximum atomic E-state index is 14.0. The molecule has 0 aliphatic rings. The Morgan fingerprint density at radius 3 is 2.36 bits per heavy atom. The molecule has 2 aromatic heterocycles. The summed E-state index contributed by atoms with van der Waals surface area (Å²) in [6.07, 6.45) is 0. The largest absolute Gasteiger partial charge is 0.332 e. The second-order valence-electron chi connectivity index (χ2n) is 7.51. The average Bonchev–Trinajstić information content (AvgIpc) is 3.13. The summed E-state index contributed by atoms with van der Waals surface area (Å²) in [4.78, 5) is 39.3. The first-order valence-electron chi connectivity index (χ1n) is 10.3. The summed E-state index contributed by atoms with van der Waals surface area (Å²) in [6.45, 7) is 3.25. The Morgan fingerprint density at radius 2 is 1.70 bits per heavy atom. The number of carbonyl (C=O) groups is 1. The van der Waals surface area contributed by atoms with Crippen LogP contribution in [0.4, 0.5) is 14.5 Å². The Balaban J connectivity index is 1.83. The summed E-state index contributed by atoms with van der Waals surface area (Å²) in [5.74, 6) is -1.69. The first-order valence-corrected chi connectivity index (χ1v) is 10.3. The molecule has 8 nitrogen and oxygen atoms in total. The predicted molar refractivity (Wildman–Crippen MR) is 119 cm³/mol. The molecule has 2 heterocycles. The van der Waals surface area contributed by atoms with Crippen LogP contribution in [0.15, 0.2) is 58.1 Å². The topological polar surface area (TPSA) is 90.9 Å². The van der Waals surface area contributed by atoms with Crippen LogP contribution in [0.2, 0.25) is 0 Å². The van der Waals surface area contributed by atoms with Gasteiger partial charge in [0.2, 0.25) is 5.91 Å². The van der Waals surface area contributed by atoms with Crippen molar-refractivity contribution in [2.24, 2.45) is 0 Å². The van der Waals surface area contributed by atoms with Crippen LogP contribution in [-0.4, -0.2) is 24.8 Å².